The van der Waals surface area contributed by atoms with Crippen molar-refractivity contribution in [2.24, 2.45) is 0 Å². The first-order chi connectivity index (χ1) is 13.2. The first-order valence-corrected chi connectivity index (χ1v) is 8.88. The van der Waals surface area contributed by atoms with Crippen LogP contribution in [0.25, 0.3) is 16.9 Å². The van der Waals surface area contributed by atoms with Gasteiger partial charge >= 0.3 is 0 Å². The summed E-state index contributed by atoms with van der Waals surface area (Å²) in [6, 6.07) is 9.76. The van der Waals surface area contributed by atoms with Gasteiger partial charge in [-0.2, -0.15) is 14.6 Å². The highest BCUT2D eigenvalue weighted by atomic mass is 19.1. The normalized spacial score (nSPS) is 15.2. The number of nitrogens with one attached hydrogen (secondary N) is 1. The highest BCUT2D eigenvalue weighted by Crippen LogP contribution is 2.38. The van der Waals surface area contributed by atoms with E-state index >= 15 is 0 Å². The molecule has 1 unspecified atom stereocenters. The Labute approximate surface area is 154 Å². The molecule has 1 saturated carbocycles. The quantitative estimate of drug-likeness (QED) is 0.577. The molecule has 1 N–H and O–H groups in total. The van der Waals surface area contributed by atoms with Crippen LogP contribution in [0.1, 0.15) is 43.4 Å². The van der Waals surface area contributed by atoms with E-state index in [4.69, 9.17) is 4.52 Å². The largest absolute Gasteiger partial charge is 0.358 e. The van der Waals surface area contributed by atoms with Crippen molar-refractivity contribution in [2.75, 3.05) is 5.32 Å². The van der Waals surface area contributed by atoms with Crippen molar-refractivity contribution in [3.8, 4) is 11.3 Å². The van der Waals surface area contributed by atoms with E-state index in [1.165, 1.54) is 12.1 Å². The van der Waals surface area contributed by atoms with E-state index in [9.17, 15) is 4.39 Å². The third-order valence-electron chi connectivity index (χ3n) is 4.63. The summed E-state index contributed by atoms with van der Waals surface area (Å²) >= 11 is 0. The highest BCUT2D eigenvalue weighted by Gasteiger charge is 2.29. The van der Waals surface area contributed by atoms with Crippen molar-refractivity contribution in [1.29, 1.82) is 0 Å². The van der Waals surface area contributed by atoms with Crippen molar-refractivity contribution in [2.45, 2.75) is 31.7 Å². The number of halogens is 1. The molecule has 0 amide bonds. The summed E-state index contributed by atoms with van der Waals surface area (Å²) in [5.74, 6) is 2.22. The highest BCUT2D eigenvalue weighted by molar-refractivity contribution is 5.66. The Morgan fingerprint density at radius 3 is 2.78 bits per heavy atom. The zero-order valence-electron chi connectivity index (χ0n) is 14.6. The van der Waals surface area contributed by atoms with Gasteiger partial charge in [0.1, 0.15) is 17.7 Å². The predicted molar refractivity (Wildman–Crippen MR) is 96.7 cm³/mol. The first-order valence-electron chi connectivity index (χ1n) is 8.88. The number of hydrogen-bond donors (Lipinski definition) is 1. The molecule has 8 heteroatoms. The van der Waals surface area contributed by atoms with Crippen molar-refractivity contribution < 1.29 is 8.91 Å². The number of hydrogen-bond acceptors (Lipinski definition) is 6. The second kappa shape index (κ2) is 6.15. The lowest BCUT2D eigenvalue weighted by molar-refractivity contribution is 0.362. The Balaban J connectivity index is 1.49. The van der Waals surface area contributed by atoms with Gasteiger partial charge in [0.2, 0.25) is 5.89 Å². The topological polar surface area (TPSA) is 81.1 Å². The molecule has 0 saturated heterocycles. The van der Waals surface area contributed by atoms with Crippen LogP contribution in [0.15, 0.2) is 47.1 Å². The zero-order chi connectivity index (χ0) is 18.4. The molecule has 5 rings (SSSR count). The Morgan fingerprint density at radius 1 is 1.19 bits per heavy atom. The van der Waals surface area contributed by atoms with E-state index in [0.29, 0.717) is 17.5 Å². The average Bonchev–Trinajstić information content (AvgIpc) is 3.20. The van der Waals surface area contributed by atoms with Crippen LogP contribution in [0.4, 0.5) is 10.2 Å². The lowest BCUT2D eigenvalue weighted by atomic mass is 10.1. The second-order valence-corrected chi connectivity index (χ2v) is 6.77. The fourth-order valence-electron chi connectivity index (χ4n) is 3.00. The van der Waals surface area contributed by atoms with E-state index in [2.05, 4.69) is 25.5 Å². The number of rotatable bonds is 5. The molecule has 27 heavy (non-hydrogen) atoms. The number of aromatic nitrogens is 5. The third kappa shape index (κ3) is 3.03. The van der Waals surface area contributed by atoms with E-state index in [-0.39, 0.29) is 11.9 Å². The van der Waals surface area contributed by atoms with Crippen molar-refractivity contribution in [3.63, 3.8) is 0 Å². The third-order valence-corrected chi connectivity index (χ3v) is 4.63. The minimum atomic E-state index is -0.279. The zero-order valence-corrected chi connectivity index (χ0v) is 14.6. The van der Waals surface area contributed by atoms with Gasteiger partial charge in [-0.1, -0.05) is 5.16 Å². The maximum atomic E-state index is 13.2. The minimum Gasteiger partial charge on any atom is -0.358 e. The lowest BCUT2D eigenvalue weighted by Gasteiger charge is -2.14. The summed E-state index contributed by atoms with van der Waals surface area (Å²) in [5, 5.41) is 11.8. The molecule has 0 radical (unpaired) electrons. The molecule has 7 nitrogen and oxygen atoms in total. The Bertz CT molecular complexity index is 1100. The fraction of sp³-hybridized carbons (Fsp3) is 0.263. The van der Waals surface area contributed by atoms with Gasteiger partial charge in [0.25, 0.3) is 0 Å². The molecule has 0 aliphatic heterocycles. The van der Waals surface area contributed by atoms with Crippen LogP contribution in [0.3, 0.4) is 0 Å². The number of benzene rings is 1. The van der Waals surface area contributed by atoms with Gasteiger partial charge < -0.3 is 9.84 Å². The molecular formula is C19H17FN6O. The molecule has 1 fully saturated rings. The molecule has 4 aromatic rings. The van der Waals surface area contributed by atoms with E-state index in [1.54, 1.807) is 22.8 Å². The molecule has 1 aromatic carbocycles. The Hall–Kier alpha value is -3.29. The van der Waals surface area contributed by atoms with Crippen molar-refractivity contribution in [3.05, 3.63) is 60.1 Å². The standard InChI is InChI=1S/C19H17FN6O/c1-11(19-24-18(25-27-19)13-2-3-13)22-17-10-15(12-4-6-14(20)7-5-12)23-16-8-9-21-26(16)17/h4-11,13,22H,2-3H2,1H3. The molecule has 1 atom stereocenters. The lowest BCUT2D eigenvalue weighted by Crippen LogP contribution is -2.11. The summed E-state index contributed by atoms with van der Waals surface area (Å²) in [4.78, 5) is 9.10. The van der Waals surface area contributed by atoms with Gasteiger partial charge in [-0.05, 0) is 44.0 Å². The number of nitrogens with zero attached hydrogens (tertiary/aromatic N) is 5. The molecule has 0 bridgehead atoms. The summed E-state index contributed by atoms with van der Waals surface area (Å²) in [5.41, 5.74) is 2.24. The molecule has 1 aliphatic carbocycles. The van der Waals surface area contributed by atoms with Gasteiger partial charge in [-0.3, -0.25) is 0 Å². The monoisotopic (exact) mass is 364 g/mol. The maximum Gasteiger partial charge on any atom is 0.248 e. The van der Waals surface area contributed by atoms with Crippen molar-refractivity contribution in [1.82, 2.24) is 24.7 Å². The second-order valence-electron chi connectivity index (χ2n) is 6.77. The summed E-state index contributed by atoms with van der Waals surface area (Å²) in [6.45, 7) is 1.96. The van der Waals surface area contributed by atoms with Crippen LogP contribution >= 0.6 is 0 Å². The molecule has 136 valence electrons. The van der Waals surface area contributed by atoms with Gasteiger partial charge in [-0.15, -0.1) is 0 Å². The van der Waals surface area contributed by atoms with Crippen LogP contribution in [0, 0.1) is 5.82 Å². The molecular weight excluding hydrogens is 347 g/mol. The first kappa shape index (κ1) is 15.9. The summed E-state index contributed by atoms with van der Waals surface area (Å²) in [7, 11) is 0. The van der Waals surface area contributed by atoms with Crippen LogP contribution in [0.2, 0.25) is 0 Å². The van der Waals surface area contributed by atoms with Crippen LogP contribution in [-0.2, 0) is 0 Å². The van der Waals surface area contributed by atoms with E-state index in [1.807, 2.05) is 19.1 Å². The fourth-order valence-corrected chi connectivity index (χ4v) is 3.00. The molecule has 3 aromatic heterocycles. The van der Waals surface area contributed by atoms with E-state index in [0.717, 1.165) is 35.7 Å². The molecule has 3 heterocycles. The summed E-state index contributed by atoms with van der Waals surface area (Å²) < 4.78 is 20.4. The van der Waals surface area contributed by atoms with Gasteiger partial charge in [0, 0.05) is 23.6 Å². The van der Waals surface area contributed by atoms with Crippen LogP contribution in [0.5, 0.6) is 0 Å². The number of anilines is 1. The summed E-state index contributed by atoms with van der Waals surface area (Å²) in [6.07, 6.45) is 3.94. The Morgan fingerprint density at radius 2 is 2.00 bits per heavy atom. The molecule has 0 spiro atoms. The van der Waals surface area contributed by atoms with Gasteiger partial charge in [-0.25, -0.2) is 9.37 Å². The van der Waals surface area contributed by atoms with Crippen LogP contribution < -0.4 is 5.32 Å². The predicted octanol–water partition coefficient (Wildman–Crippen LogP) is 3.97. The van der Waals surface area contributed by atoms with Crippen LogP contribution in [-0.4, -0.2) is 24.7 Å². The number of fused-ring (bicyclic) bond motifs is 1. The van der Waals surface area contributed by atoms with Crippen molar-refractivity contribution >= 4 is 11.5 Å². The average molecular weight is 364 g/mol. The smallest absolute Gasteiger partial charge is 0.248 e. The minimum absolute atomic E-state index is 0.194. The molecule has 1 aliphatic rings. The maximum absolute atomic E-state index is 13.2. The van der Waals surface area contributed by atoms with Gasteiger partial charge in [0.15, 0.2) is 11.5 Å². The van der Waals surface area contributed by atoms with E-state index < -0.39 is 0 Å². The van der Waals surface area contributed by atoms with Gasteiger partial charge in [0.05, 0.1) is 11.9 Å². The SMILES string of the molecule is CC(Nc1cc(-c2ccc(F)cc2)nc2ccnn12)c1nc(C2CC2)no1. The Kier molecular flexibility index (Phi) is 3.63.